The van der Waals surface area contributed by atoms with Crippen LogP contribution < -0.4 is 9.03 Å². The summed E-state index contributed by atoms with van der Waals surface area (Å²) >= 11 is 0. The molecule has 1 atom stereocenters. The molecular weight excluding hydrogens is 325 g/mol. The highest BCUT2D eigenvalue weighted by molar-refractivity contribution is 7.92. The Morgan fingerprint density at radius 2 is 2.13 bits per heavy atom. The molecule has 2 aliphatic rings. The summed E-state index contributed by atoms with van der Waals surface area (Å²) in [6, 6.07) is 2.64. The zero-order valence-electron chi connectivity index (χ0n) is 12.6. The molecule has 1 unspecified atom stereocenters. The van der Waals surface area contributed by atoms with Gasteiger partial charge in [-0.1, -0.05) is 0 Å². The third kappa shape index (κ3) is 2.98. The van der Waals surface area contributed by atoms with Crippen molar-refractivity contribution in [3.63, 3.8) is 0 Å². The highest BCUT2D eigenvalue weighted by atomic mass is 32.2. The van der Waals surface area contributed by atoms with Gasteiger partial charge in [-0.25, -0.2) is 13.4 Å². The van der Waals surface area contributed by atoms with Crippen molar-refractivity contribution < 1.29 is 22.7 Å². The van der Waals surface area contributed by atoms with E-state index in [-0.39, 0.29) is 5.92 Å². The summed E-state index contributed by atoms with van der Waals surface area (Å²) in [6.07, 6.45) is 1.86. The van der Waals surface area contributed by atoms with Crippen molar-refractivity contribution in [2.45, 2.75) is 18.8 Å². The number of rotatable bonds is 2. The first-order chi connectivity index (χ1) is 10.8. The van der Waals surface area contributed by atoms with E-state index in [0.29, 0.717) is 9.87 Å². The van der Waals surface area contributed by atoms with Crippen molar-refractivity contribution in [3.05, 3.63) is 23.5 Å². The Balaban J connectivity index is 1.97. The number of piperidine rings is 1. The lowest BCUT2D eigenvalue weighted by Crippen LogP contribution is -2.31. The van der Waals surface area contributed by atoms with Crippen LogP contribution in [0.25, 0.3) is 0 Å². The predicted molar refractivity (Wildman–Crippen MR) is 81.9 cm³/mol. The van der Waals surface area contributed by atoms with Gasteiger partial charge in [-0.3, -0.25) is 4.79 Å². The number of nitrogens with one attached hydrogen (secondary N) is 1. The van der Waals surface area contributed by atoms with E-state index in [4.69, 9.17) is 0 Å². The summed E-state index contributed by atoms with van der Waals surface area (Å²) in [6.45, 7) is 1.18. The third-order valence-corrected chi connectivity index (χ3v) is 5.61. The smallest absolute Gasteiger partial charge is 0.326 e. The minimum absolute atomic E-state index is 0.0816. The molecule has 0 aromatic heterocycles. The molecule has 2 heterocycles. The molecule has 0 saturated carbocycles. The fourth-order valence-corrected chi connectivity index (χ4v) is 4.34. The third-order valence-electron chi connectivity index (χ3n) is 4.23. The lowest BCUT2D eigenvalue weighted by Gasteiger charge is -2.30. The van der Waals surface area contributed by atoms with E-state index >= 15 is 0 Å². The number of hydrogen-bond donors (Lipinski definition) is 2. The Labute approximate surface area is 133 Å². The summed E-state index contributed by atoms with van der Waals surface area (Å²) in [7, 11) is -2.18. The van der Waals surface area contributed by atoms with Crippen molar-refractivity contribution in [3.8, 4) is 5.75 Å². The monoisotopic (exact) mass is 343 g/mol. The van der Waals surface area contributed by atoms with Crippen LogP contribution in [0.5, 0.6) is 5.75 Å². The first-order valence-electron chi connectivity index (χ1n) is 7.32. The van der Waals surface area contributed by atoms with Crippen LogP contribution >= 0.6 is 0 Å². The van der Waals surface area contributed by atoms with Crippen LogP contribution in [-0.2, 0) is 15.0 Å². The number of halogens is 1. The molecule has 2 saturated heterocycles. The maximum Gasteiger partial charge on any atom is 0.326 e. The first kappa shape index (κ1) is 16.0. The summed E-state index contributed by atoms with van der Waals surface area (Å²) in [5, 5.41) is 10.1. The number of anilines is 1. The second-order valence-electron chi connectivity index (χ2n) is 6.01. The Morgan fingerprint density at radius 1 is 1.39 bits per heavy atom. The van der Waals surface area contributed by atoms with Gasteiger partial charge in [-0.2, -0.15) is 8.42 Å². The molecule has 0 radical (unpaired) electrons. The number of carbonyl (C=O) groups is 1. The van der Waals surface area contributed by atoms with Gasteiger partial charge in [0.1, 0.15) is 18.0 Å². The van der Waals surface area contributed by atoms with E-state index in [1.54, 1.807) is 4.72 Å². The molecule has 9 heteroatoms. The number of phenols is 1. The highest BCUT2D eigenvalue weighted by Crippen LogP contribution is 2.38. The second-order valence-corrected chi connectivity index (χ2v) is 7.60. The molecule has 2 fully saturated rings. The number of aromatic hydroxyl groups is 1. The van der Waals surface area contributed by atoms with Gasteiger partial charge in [0.05, 0.1) is 0 Å². The molecule has 1 aromatic carbocycles. The van der Waals surface area contributed by atoms with Gasteiger partial charge in [0.15, 0.2) is 5.82 Å². The van der Waals surface area contributed by atoms with Crippen molar-refractivity contribution in [2.75, 3.05) is 31.0 Å². The normalized spacial score (nSPS) is 24.7. The molecule has 3 rings (SSSR count). The first-order valence-corrected chi connectivity index (χ1v) is 8.76. The van der Waals surface area contributed by atoms with E-state index < -0.39 is 39.9 Å². The lowest BCUT2D eigenvalue weighted by atomic mass is 9.90. The predicted octanol–water partition coefficient (Wildman–Crippen LogP) is 0.521. The molecule has 126 valence electrons. The number of phenolic OH excluding ortho intramolecular Hbond substituents is 1. The zero-order valence-corrected chi connectivity index (χ0v) is 13.4. The van der Waals surface area contributed by atoms with Crippen LogP contribution in [-0.4, -0.2) is 51.0 Å². The number of carbonyl (C=O) groups excluding carboxylic acids is 1. The molecular formula is C14H18FN3O4S. The average molecular weight is 343 g/mol. The number of likely N-dealkylation sites (tertiary alicyclic amines) is 1. The molecule has 1 aromatic rings. The molecule has 0 bridgehead atoms. The molecule has 7 nitrogen and oxygen atoms in total. The molecule has 0 spiro atoms. The van der Waals surface area contributed by atoms with E-state index in [0.717, 1.165) is 25.9 Å². The van der Waals surface area contributed by atoms with Gasteiger partial charge in [0.25, 0.3) is 5.91 Å². The van der Waals surface area contributed by atoms with Crippen LogP contribution in [0.4, 0.5) is 10.1 Å². The van der Waals surface area contributed by atoms with Crippen LogP contribution in [0.2, 0.25) is 0 Å². The average Bonchev–Trinajstić information content (AvgIpc) is 2.71. The maximum atomic E-state index is 14.5. The minimum Gasteiger partial charge on any atom is -0.506 e. The van der Waals surface area contributed by atoms with Crippen LogP contribution in [0, 0.1) is 5.82 Å². The maximum absolute atomic E-state index is 14.5. The summed E-state index contributed by atoms with van der Waals surface area (Å²) in [4.78, 5) is 13.4. The van der Waals surface area contributed by atoms with Crippen molar-refractivity contribution in [1.82, 2.24) is 9.62 Å². The van der Waals surface area contributed by atoms with Gasteiger partial charge in [0, 0.05) is 6.54 Å². The topological polar surface area (TPSA) is 89.9 Å². The van der Waals surface area contributed by atoms with Gasteiger partial charge in [0.2, 0.25) is 0 Å². The Bertz CT molecular complexity index is 729. The molecule has 2 aliphatic heterocycles. The van der Waals surface area contributed by atoms with Crippen LogP contribution in [0.1, 0.15) is 24.3 Å². The molecule has 1 amide bonds. The standard InChI is InChI=1S/C14H18FN3O4S/c1-17-4-2-3-9(7-17)10-5-11(15)14(12(19)6-10)18-8-13(20)16-23(18,21)22/h5-6,9,19H,2-4,7-8H2,1H3,(H,16,20). The Hall–Kier alpha value is -1.87. The highest BCUT2D eigenvalue weighted by Gasteiger charge is 2.37. The van der Waals surface area contributed by atoms with Crippen LogP contribution in [0.3, 0.4) is 0 Å². The summed E-state index contributed by atoms with van der Waals surface area (Å²) < 4.78 is 40.4. The number of hydrogen-bond acceptors (Lipinski definition) is 5. The Morgan fingerprint density at radius 3 is 2.70 bits per heavy atom. The summed E-state index contributed by atoms with van der Waals surface area (Å²) in [5.41, 5.74) is 0.141. The van der Waals surface area contributed by atoms with E-state index in [9.17, 15) is 22.7 Å². The Kier molecular flexibility index (Phi) is 3.93. The van der Waals surface area contributed by atoms with E-state index in [2.05, 4.69) is 4.90 Å². The quantitative estimate of drug-likeness (QED) is 0.817. The fourth-order valence-electron chi connectivity index (χ4n) is 3.17. The summed E-state index contributed by atoms with van der Waals surface area (Å²) in [5.74, 6) is -2.01. The number of nitrogens with zero attached hydrogens (tertiary/aromatic N) is 2. The molecule has 0 aliphatic carbocycles. The van der Waals surface area contributed by atoms with Gasteiger partial charge < -0.3 is 10.0 Å². The van der Waals surface area contributed by atoms with Crippen molar-refractivity contribution in [2.24, 2.45) is 0 Å². The van der Waals surface area contributed by atoms with E-state index in [1.807, 2.05) is 7.05 Å². The van der Waals surface area contributed by atoms with Gasteiger partial charge in [-0.05, 0) is 50.0 Å². The van der Waals surface area contributed by atoms with Gasteiger partial charge >= 0.3 is 10.2 Å². The largest absolute Gasteiger partial charge is 0.506 e. The SMILES string of the molecule is CN1CCCC(c2cc(O)c(N3CC(=O)NS3(=O)=O)c(F)c2)C1. The van der Waals surface area contributed by atoms with Crippen LogP contribution in [0.15, 0.2) is 12.1 Å². The van der Waals surface area contributed by atoms with E-state index in [1.165, 1.54) is 12.1 Å². The second kappa shape index (κ2) is 5.64. The molecule has 2 N–H and O–H groups in total. The lowest BCUT2D eigenvalue weighted by molar-refractivity contribution is -0.117. The van der Waals surface area contributed by atoms with Crippen molar-refractivity contribution >= 4 is 21.8 Å². The number of benzene rings is 1. The van der Waals surface area contributed by atoms with Crippen molar-refractivity contribution in [1.29, 1.82) is 0 Å². The fraction of sp³-hybridized carbons (Fsp3) is 0.500. The van der Waals surface area contributed by atoms with Gasteiger partial charge in [-0.15, -0.1) is 0 Å². The molecule has 23 heavy (non-hydrogen) atoms. The minimum atomic E-state index is -4.16. The number of amides is 1. The number of likely N-dealkylation sites (N-methyl/N-ethyl adjacent to an activating group) is 1. The zero-order chi connectivity index (χ0) is 16.8.